The average molecular weight is 249 g/mol. The molecule has 0 saturated heterocycles. The van der Waals surface area contributed by atoms with E-state index in [0.29, 0.717) is 17.8 Å². The molecule has 0 aliphatic carbocycles. The van der Waals surface area contributed by atoms with Gasteiger partial charge < -0.3 is 9.73 Å². The molecular formula is C13H19N3O2. The van der Waals surface area contributed by atoms with Gasteiger partial charge >= 0.3 is 5.76 Å². The number of nitrogens with one attached hydrogen (secondary N) is 1. The lowest BCUT2D eigenvalue weighted by Gasteiger charge is -2.04. The lowest BCUT2D eigenvalue weighted by Crippen LogP contribution is -2.25. The molecule has 18 heavy (non-hydrogen) atoms. The van der Waals surface area contributed by atoms with Crippen LogP contribution in [0.25, 0.3) is 11.2 Å². The van der Waals surface area contributed by atoms with Crippen molar-refractivity contribution >= 4 is 11.2 Å². The third-order valence-electron chi connectivity index (χ3n) is 2.89. The van der Waals surface area contributed by atoms with Crippen LogP contribution in [0.4, 0.5) is 0 Å². The topological polar surface area (TPSA) is 60.1 Å². The Kier molecular flexibility index (Phi) is 4.52. The summed E-state index contributed by atoms with van der Waals surface area (Å²) in [6.07, 6.45) is 5.30. The van der Waals surface area contributed by atoms with Crippen molar-refractivity contribution in [2.75, 3.05) is 13.1 Å². The first-order chi connectivity index (χ1) is 8.83. The summed E-state index contributed by atoms with van der Waals surface area (Å²) < 4.78 is 6.68. The van der Waals surface area contributed by atoms with Gasteiger partial charge in [-0.3, -0.25) is 4.57 Å². The lowest BCUT2D eigenvalue weighted by atomic mass is 10.2. The third kappa shape index (κ3) is 2.98. The highest BCUT2D eigenvalue weighted by Crippen LogP contribution is 2.07. The molecule has 0 unspecified atom stereocenters. The molecule has 5 heteroatoms. The summed E-state index contributed by atoms with van der Waals surface area (Å²) in [7, 11) is 0. The van der Waals surface area contributed by atoms with Gasteiger partial charge in [-0.1, -0.05) is 19.8 Å². The Morgan fingerprint density at radius 2 is 2.28 bits per heavy atom. The van der Waals surface area contributed by atoms with Crippen LogP contribution in [0.15, 0.2) is 27.5 Å². The van der Waals surface area contributed by atoms with Gasteiger partial charge in [-0.2, -0.15) is 0 Å². The fraction of sp³-hybridized carbons (Fsp3) is 0.538. The van der Waals surface area contributed by atoms with Gasteiger partial charge in [-0.05, 0) is 25.1 Å². The number of rotatable bonds is 7. The summed E-state index contributed by atoms with van der Waals surface area (Å²) >= 11 is 0. The summed E-state index contributed by atoms with van der Waals surface area (Å²) in [6.45, 7) is 4.53. The number of nitrogens with zero attached hydrogens (tertiary/aromatic N) is 2. The van der Waals surface area contributed by atoms with Gasteiger partial charge in [-0.25, -0.2) is 9.78 Å². The predicted molar refractivity (Wildman–Crippen MR) is 70.7 cm³/mol. The highest BCUT2D eigenvalue weighted by Gasteiger charge is 2.08. The first-order valence-electron chi connectivity index (χ1n) is 6.48. The smallest absolute Gasteiger partial charge is 0.406 e. The maximum atomic E-state index is 11.6. The first kappa shape index (κ1) is 12.8. The Labute approximate surface area is 106 Å². The zero-order valence-electron chi connectivity index (χ0n) is 10.7. The third-order valence-corrected chi connectivity index (χ3v) is 2.89. The predicted octanol–water partition coefficient (Wildman–Crippen LogP) is 1.77. The van der Waals surface area contributed by atoms with Crippen molar-refractivity contribution in [1.82, 2.24) is 14.9 Å². The molecule has 0 spiro atoms. The fourth-order valence-corrected chi connectivity index (χ4v) is 1.91. The largest absolute Gasteiger partial charge is 0.421 e. The maximum Gasteiger partial charge on any atom is 0.421 e. The summed E-state index contributed by atoms with van der Waals surface area (Å²) in [5.41, 5.74) is 1.17. The number of oxazole rings is 1. The molecule has 0 atom stereocenters. The van der Waals surface area contributed by atoms with Crippen LogP contribution >= 0.6 is 0 Å². The van der Waals surface area contributed by atoms with Crippen molar-refractivity contribution in [3.05, 3.63) is 28.9 Å². The number of hydrogen-bond acceptors (Lipinski definition) is 4. The van der Waals surface area contributed by atoms with E-state index in [0.717, 1.165) is 13.1 Å². The van der Waals surface area contributed by atoms with E-state index in [2.05, 4.69) is 17.2 Å². The molecule has 0 saturated carbocycles. The van der Waals surface area contributed by atoms with Gasteiger partial charge in [0.15, 0.2) is 11.2 Å². The highest BCUT2D eigenvalue weighted by molar-refractivity contribution is 5.67. The zero-order chi connectivity index (χ0) is 12.8. The molecular weight excluding hydrogens is 230 g/mol. The van der Waals surface area contributed by atoms with Crippen molar-refractivity contribution in [3.63, 3.8) is 0 Å². The minimum Gasteiger partial charge on any atom is -0.406 e. The molecule has 0 aliphatic heterocycles. The maximum absolute atomic E-state index is 11.6. The van der Waals surface area contributed by atoms with Crippen LogP contribution in [-0.4, -0.2) is 22.6 Å². The quantitative estimate of drug-likeness (QED) is 0.760. The Hall–Kier alpha value is -1.62. The van der Waals surface area contributed by atoms with E-state index < -0.39 is 0 Å². The molecule has 0 fully saturated rings. The van der Waals surface area contributed by atoms with E-state index in [4.69, 9.17) is 4.42 Å². The number of hydrogen-bond donors (Lipinski definition) is 1. The molecule has 0 bridgehead atoms. The molecule has 1 N–H and O–H groups in total. The van der Waals surface area contributed by atoms with Gasteiger partial charge in [0, 0.05) is 19.3 Å². The van der Waals surface area contributed by atoms with E-state index in [1.165, 1.54) is 19.3 Å². The molecule has 0 radical (unpaired) electrons. The van der Waals surface area contributed by atoms with Gasteiger partial charge in [0.1, 0.15) is 0 Å². The summed E-state index contributed by atoms with van der Waals surface area (Å²) in [4.78, 5) is 15.8. The molecule has 2 aromatic rings. The van der Waals surface area contributed by atoms with E-state index in [1.54, 1.807) is 22.9 Å². The van der Waals surface area contributed by atoms with Crippen molar-refractivity contribution in [1.29, 1.82) is 0 Å². The summed E-state index contributed by atoms with van der Waals surface area (Å²) in [6, 6.07) is 3.52. The van der Waals surface area contributed by atoms with E-state index in [9.17, 15) is 4.79 Å². The summed E-state index contributed by atoms with van der Waals surface area (Å²) in [5, 5.41) is 3.32. The Morgan fingerprint density at radius 1 is 1.39 bits per heavy atom. The Morgan fingerprint density at radius 3 is 3.11 bits per heavy atom. The number of aromatic nitrogens is 2. The minimum atomic E-state index is -0.334. The lowest BCUT2D eigenvalue weighted by molar-refractivity contribution is 0.491. The molecule has 98 valence electrons. The van der Waals surface area contributed by atoms with Gasteiger partial charge in [-0.15, -0.1) is 0 Å². The minimum absolute atomic E-state index is 0.334. The number of pyridine rings is 1. The van der Waals surface area contributed by atoms with Crippen molar-refractivity contribution in [2.24, 2.45) is 0 Å². The average Bonchev–Trinajstić information content (AvgIpc) is 2.70. The highest BCUT2D eigenvalue weighted by atomic mass is 16.4. The van der Waals surface area contributed by atoms with Crippen LogP contribution in [0, 0.1) is 0 Å². The molecule has 0 aromatic carbocycles. The molecule has 5 nitrogen and oxygen atoms in total. The van der Waals surface area contributed by atoms with E-state index in [1.807, 2.05) is 0 Å². The van der Waals surface area contributed by atoms with Crippen molar-refractivity contribution in [2.45, 2.75) is 32.7 Å². The van der Waals surface area contributed by atoms with Crippen LogP contribution in [0.2, 0.25) is 0 Å². The molecule has 2 rings (SSSR count). The van der Waals surface area contributed by atoms with Crippen LogP contribution < -0.4 is 11.1 Å². The van der Waals surface area contributed by atoms with Gasteiger partial charge in [0.2, 0.25) is 0 Å². The molecule has 2 heterocycles. The van der Waals surface area contributed by atoms with Gasteiger partial charge in [0.25, 0.3) is 0 Å². The molecule has 2 aromatic heterocycles. The second kappa shape index (κ2) is 6.35. The normalized spacial score (nSPS) is 11.2. The molecule has 0 aliphatic rings. The Bertz CT molecular complexity index is 544. The SMILES string of the molecule is CCCCCNCCn1c(=O)oc2cccnc21. The summed E-state index contributed by atoms with van der Waals surface area (Å²) in [5.74, 6) is -0.334. The van der Waals surface area contributed by atoms with Crippen LogP contribution in [0.1, 0.15) is 26.2 Å². The monoisotopic (exact) mass is 249 g/mol. The zero-order valence-corrected chi connectivity index (χ0v) is 10.7. The number of fused-ring (bicyclic) bond motifs is 1. The van der Waals surface area contributed by atoms with E-state index in [-0.39, 0.29) is 5.76 Å². The Balaban J connectivity index is 1.91. The van der Waals surface area contributed by atoms with Crippen LogP contribution in [-0.2, 0) is 6.54 Å². The molecule has 0 amide bonds. The van der Waals surface area contributed by atoms with Crippen LogP contribution in [0.5, 0.6) is 0 Å². The van der Waals surface area contributed by atoms with E-state index >= 15 is 0 Å². The fourth-order valence-electron chi connectivity index (χ4n) is 1.91. The van der Waals surface area contributed by atoms with Crippen LogP contribution in [0.3, 0.4) is 0 Å². The standard InChI is InChI=1S/C13H19N3O2/c1-2-3-4-7-14-9-10-16-12-11(18-13(16)17)6-5-8-15-12/h5-6,8,14H,2-4,7,9-10H2,1H3. The van der Waals surface area contributed by atoms with Crippen molar-refractivity contribution in [3.8, 4) is 0 Å². The van der Waals surface area contributed by atoms with Crippen molar-refractivity contribution < 1.29 is 4.42 Å². The second-order valence-electron chi connectivity index (χ2n) is 4.30. The van der Waals surface area contributed by atoms with Gasteiger partial charge in [0.05, 0.1) is 0 Å². The number of unbranched alkanes of at least 4 members (excludes halogenated alkanes) is 2. The first-order valence-corrected chi connectivity index (χ1v) is 6.48. The second-order valence-corrected chi connectivity index (χ2v) is 4.30.